The molecule has 0 aliphatic heterocycles. The summed E-state index contributed by atoms with van der Waals surface area (Å²) < 4.78 is 0. The zero-order chi connectivity index (χ0) is 12.2. The molecular weight excluding hydrogens is 188 g/mol. The van der Waals surface area contributed by atoms with E-state index in [1.54, 1.807) is 0 Å². The molecule has 14 heavy (non-hydrogen) atoms. The van der Waals surface area contributed by atoms with Crippen molar-refractivity contribution in [1.29, 1.82) is 0 Å². The quantitative estimate of drug-likeness (QED) is 0.625. The molecule has 2 heteroatoms. The summed E-state index contributed by atoms with van der Waals surface area (Å²) in [4.78, 5) is 9.44. The smallest absolute Gasteiger partial charge is 0.126 e. The van der Waals surface area contributed by atoms with Crippen LogP contribution in [-0.2, 0) is 4.79 Å². The van der Waals surface area contributed by atoms with Gasteiger partial charge in [-0.2, -0.15) is 0 Å². The van der Waals surface area contributed by atoms with Crippen LogP contribution in [0, 0.1) is 0 Å². The second-order valence-electron chi connectivity index (χ2n) is 3.78. The molecule has 0 aromatic carbocycles. The molecule has 0 radical (unpaired) electrons. The highest BCUT2D eigenvalue weighted by molar-refractivity contribution is 6.78. The lowest BCUT2D eigenvalue weighted by Crippen LogP contribution is -2.25. The van der Waals surface area contributed by atoms with E-state index in [1.165, 1.54) is 32.0 Å². The SMILES string of the molecule is CC.CC(C)=O.CC[Si](C)(CC)CC. The van der Waals surface area contributed by atoms with Crippen molar-refractivity contribution in [2.45, 2.75) is 73.1 Å². The molecule has 0 N–H and O–H groups in total. The maximum absolute atomic E-state index is 9.44. The first kappa shape index (κ1) is 19.5. The average Bonchev–Trinajstić information content (AvgIpc) is 2.19. The molecule has 0 spiro atoms. The van der Waals surface area contributed by atoms with Crippen LogP contribution in [0.4, 0.5) is 0 Å². The molecule has 0 fully saturated rings. The van der Waals surface area contributed by atoms with Gasteiger partial charge in [0.25, 0.3) is 0 Å². The summed E-state index contributed by atoms with van der Waals surface area (Å²) in [5.74, 6) is 0.167. The maximum Gasteiger partial charge on any atom is 0.126 e. The van der Waals surface area contributed by atoms with Crippen LogP contribution >= 0.6 is 0 Å². The van der Waals surface area contributed by atoms with Crippen LogP contribution in [0.5, 0.6) is 0 Å². The van der Waals surface area contributed by atoms with Crippen molar-refractivity contribution in [3.05, 3.63) is 0 Å². The Bertz CT molecular complexity index is 105. The van der Waals surface area contributed by atoms with E-state index in [-0.39, 0.29) is 5.78 Å². The number of Topliss-reactive ketones (excluding diaryl/α,β-unsaturated/α-hetero) is 1. The Morgan fingerprint density at radius 3 is 1.07 bits per heavy atom. The van der Waals surface area contributed by atoms with Crippen LogP contribution in [0.15, 0.2) is 0 Å². The summed E-state index contributed by atoms with van der Waals surface area (Å²) in [5, 5.41) is 0. The molecule has 88 valence electrons. The highest BCUT2D eigenvalue weighted by Crippen LogP contribution is 2.18. The third-order valence-electron chi connectivity index (χ3n) is 2.56. The van der Waals surface area contributed by atoms with Crippen molar-refractivity contribution in [1.82, 2.24) is 0 Å². The predicted octanol–water partition coefficient (Wildman–Crippen LogP) is 4.75. The van der Waals surface area contributed by atoms with Gasteiger partial charge in [0.15, 0.2) is 0 Å². The molecular formula is C12H30OSi. The number of ketones is 1. The Morgan fingerprint density at radius 2 is 1.07 bits per heavy atom. The van der Waals surface area contributed by atoms with E-state index in [4.69, 9.17) is 0 Å². The highest BCUT2D eigenvalue weighted by Gasteiger charge is 2.18. The first-order valence-electron chi connectivity index (χ1n) is 5.89. The van der Waals surface area contributed by atoms with E-state index in [2.05, 4.69) is 27.3 Å². The van der Waals surface area contributed by atoms with Gasteiger partial charge in [-0.15, -0.1) is 0 Å². The van der Waals surface area contributed by atoms with E-state index >= 15 is 0 Å². The fourth-order valence-electron chi connectivity index (χ4n) is 0.750. The molecule has 0 bridgehead atoms. The van der Waals surface area contributed by atoms with Gasteiger partial charge in [-0.25, -0.2) is 0 Å². The summed E-state index contributed by atoms with van der Waals surface area (Å²) in [5.41, 5.74) is 0. The fourth-order valence-corrected chi connectivity index (χ4v) is 2.25. The minimum atomic E-state index is -0.671. The fraction of sp³-hybridized carbons (Fsp3) is 0.917. The van der Waals surface area contributed by atoms with Crippen molar-refractivity contribution in [2.75, 3.05) is 0 Å². The predicted molar refractivity (Wildman–Crippen MR) is 70.8 cm³/mol. The van der Waals surface area contributed by atoms with Crippen molar-refractivity contribution in [2.24, 2.45) is 0 Å². The molecule has 0 unspecified atom stereocenters. The topological polar surface area (TPSA) is 17.1 Å². The summed E-state index contributed by atoms with van der Waals surface area (Å²) in [7, 11) is -0.671. The molecule has 0 aliphatic rings. The third-order valence-corrected chi connectivity index (χ3v) is 7.68. The van der Waals surface area contributed by atoms with Gasteiger partial charge in [0.1, 0.15) is 5.78 Å². The van der Waals surface area contributed by atoms with Crippen LogP contribution in [0.25, 0.3) is 0 Å². The monoisotopic (exact) mass is 218 g/mol. The van der Waals surface area contributed by atoms with Crippen molar-refractivity contribution < 1.29 is 4.79 Å². The molecule has 0 atom stereocenters. The minimum Gasteiger partial charge on any atom is -0.300 e. The van der Waals surface area contributed by atoms with Gasteiger partial charge >= 0.3 is 0 Å². The van der Waals surface area contributed by atoms with E-state index in [9.17, 15) is 4.79 Å². The van der Waals surface area contributed by atoms with Crippen LogP contribution in [-0.4, -0.2) is 13.9 Å². The lowest BCUT2D eigenvalue weighted by Gasteiger charge is -2.20. The number of hydrogen-bond acceptors (Lipinski definition) is 1. The van der Waals surface area contributed by atoms with Gasteiger partial charge in [-0.1, -0.05) is 59.3 Å². The summed E-state index contributed by atoms with van der Waals surface area (Å²) >= 11 is 0. The lowest BCUT2D eigenvalue weighted by atomic mass is 10.6. The first-order valence-corrected chi connectivity index (χ1v) is 9.01. The van der Waals surface area contributed by atoms with Gasteiger partial charge in [0.05, 0.1) is 0 Å². The molecule has 0 saturated carbocycles. The van der Waals surface area contributed by atoms with Crippen molar-refractivity contribution in [3.63, 3.8) is 0 Å². The standard InChI is InChI=1S/C7H18Si.C3H6O.C2H6/c1-5-8(4,6-2)7-3;1-3(2)4;1-2/h5-7H2,1-4H3;1-2H3;1-2H3. The molecule has 0 aromatic rings. The largest absolute Gasteiger partial charge is 0.300 e. The van der Waals surface area contributed by atoms with Gasteiger partial charge in [-0.05, 0) is 13.8 Å². The molecule has 0 rings (SSSR count). The zero-order valence-electron chi connectivity index (χ0n) is 11.5. The molecule has 0 saturated heterocycles. The Morgan fingerprint density at radius 1 is 0.929 bits per heavy atom. The minimum absolute atomic E-state index is 0.167. The Balaban J connectivity index is -0.000000170. The first-order chi connectivity index (χ1) is 6.41. The lowest BCUT2D eigenvalue weighted by molar-refractivity contribution is -0.114. The van der Waals surface area contributed by atoms with Crippen molar-refractivity contribution in [3.8, 4) is 0 Å². The number of rotatable bonds is 3. The Labute approximate surface area is 92.3 Å². The van der Waals surface area contributed by atoms with Crippen LogP contribution in [0.2, 0.25) is 24.7 Å². The summed E-state index contributed by atoms with van der Waals surface area (Å²) in [6.45, 7) is 16.5. The average molecular weight is 218 g/mol. The second kappa shape index (κ2) is 12.9. The van der Waals surface area contributed by atoms with Crippen LogP contribution in [0.1, 0.15) is 48.5 Å². The second-order valence-corrected chi connectivity index (χ2v) is 9.52. The Hall–Kier alpha value is -0.113. The summed E-state index contributed by atoms with van der Waals surface area (Å²) in [6, 6.07) is 4.38. The zero-order valence-corrected chi connectivity index (χ0v) is 12.5. The maximum atomic E-state index is 9.44. The van der Waals surface area contributed by atoms with E-state index < -0.39 is 8.07 Å². The number of carbonyl (C=O) groups excluding carboxylic acids is 1. The normalized spacial score (nSPS) is 9.14. The van der Waals surface area contributed by atoms with Crippen molar-refractivity contribution >= 4 is 13.9 Å². The van der Waals surface area contributed by atoms with Gasteiger partial charge < -0.3 is 4.79 Å². The van der Waals surface area contributed by atoms with Gasteiger partial charge in [0.2, 0.25) is 0 Å². The summed E-state index contributed by atoms with van der Waals surface area (Å²) in [6.07, 6.45) is 0. The van der Waals surface area contributed by atoms with Crippen LogP contribution < -0.4 is 0 Å². The number of carbonyl (C=O) groups is 1. The van der Waals surface area contributed by atoms with E-state index in [0.717, 1.165) is 0 Å². The molecule has 1 nitrogen and oxygen atoms in total. The van der Waals surface area contributed by atoms with Crippen LogP contribution in [0.3, 0.4) is 0 Å². The number of hydrogen-bond donors (Lipinski definition) is 0. The molecule has 0 aliphatic carbocycles. The third kappa shape index (κ3) is 17.8. The van der Waals surface area contributed by atoms with E-state index in [1.807, 2.05) is 13.8 Å². The molecule has 0 heterocycles. The van der Waals surface area contributed by atoms with Gasteiger partial charge in [0, 0.05) is 8.07 Å². The Kier molecular flexibility index (Phi) is 17.9. The highest BCUT2D eigenvalue weighted by atomic mass is 28.3. The molecule has 0 amide bonds. The van der Waals surface area contributed by atoms with Gasteiger partial charge in [-0.3, -0.25) is 0 Å². The van der Waals surface area contributed by atoms with E-state index in [0.29, 0.717) is 0 Å². The molecule has 0 aromatic heterocycles.